The largest absolute Gasteiger partial charge is 0.491 e. The number of hydrogen-bond donors (Lipinski definition) is 0. The van der Waals surface area contributed by atoms with Gasteiger partial charge in [0.25, 0.3) is 0 Å². The first-order chi connectivity index (χ1) is 11.1. The van der Waals surface area contributed by atoms with Crippen molar-refractivity contribution in [2.45, 2.75) is 27.7 Å². The number of ether oxygens (including phenoxy) is 3. The maximum absolute atomic E-state index is 5.75. The molecule has 0 bridgehead atoms. The van der Waals surface area contributed by atoms with E-state index in [4.69, 9.17) is 14.2 Å². The van der Waals surface area contributed by atoms with Crippen LogP contribution in [-0.2, 0) is 4.74 Å². The molecule has 3 nitrogen and oxygen atoms in total. The van der Waals surface area contributed by atoms with Gasteiger partial charge in [-0.25, -0.2) is 0 Å². The second kappa shape index (κ2) is 8.59. The van der Waals surface area contributed by atoms with Gasteiger partial charge in [-0.15, -0.1) is 0 Å². The van der Waals surface area contributed by atoms with Gasteiger partial charge in [0, 0.05) is 0 Å². The van der Waals surface area contributed by atoms with Crippen LogP contribution in [0.2, 0.25) is 0 Å². The molecular weight excluding hydrogens is 288 g/mol. The molecule has 0 amide bonds. The molecule has 2 aromatic rings. The second-order valence-electron chi connectivity index (χ2n) is 5.85. The van der Waals surface area contributed by atoms with E-state index in [1.807, 2.05) is 13.8 Å². The standard InChI is InChI=1S/C20H26O3/c1-15-5-7-17(3)19(13-15)22-11-9-21-10-12-23-20-14-16(2)6-8-18(20)4/h5-8,13-14H,9-12H2,1-4H3. The SMILES string of the molecule is Cc1ccc(C)c(OCCOCCOc2cc(C)ccc2C)c1. The highest BCUT2D eigenvalue weighted by Crippen LogP contribution is 2.19. The van der Waals surface area contributed by atoms with Gasteiger partial charge < -0.3 is 14.2 Å². The molecule has 23 heavy (non-hydrogen) atoms. The molecule has 0 aliphatic carbocycles. The Hall–Kier alpha value is -2.00. The molecule has 0 aliphatic heterocycles. The van der Waals surface area contributed by atoms with Crippen molar-refractivity contribution in [3.63, 3.8) is 0 Å². The van der Waals surface area contributed by atoms with Crippen LogP contribution in [0.4, 0.5) is 0 Å². The Morgan fingerprint density at radius 3 is 1.48 bits per heavy atom. The third-order valence-corrected chi connectivity index (χ3v) is 3.66. The van der Waals surface area contributed by atoms with Crippen LogP contribution in [0.15, 0.2) is 36.4 Å². The Labute approximate surface area is 139 Å². The Bertz CT molecular complexity index is 579. The highest BCUT2D eigenvalue weighted by molar-refractivity contribution is 5.36. The Balaban J connectivity index is 1.63. The molecule has 2 aromatic carbocycles. The average molecular weight is 314 g/mol. The second-order valence-corrected chi connectivity index (χ2v) is 5.85. The summed E-state index contributed by atoms with van der Waals surface area (Å²) in [4.78, 5) is 0. The van der Waals surface area contributed by atoms with Crippen LogP contribution >= 0.6 is 0 Å². The summed E-state index contributed by atoms with van der Waals surface area (Å²) in [5.41, 5.74) is 4.70. The van der Waals surface area contributed by atoms with Gasteiger partial charge in [0.1, 0.15) is 24.7 Å². The average Bonchev–Trinajstić information content (AvgIpc) is 2.52. The maximum Gasteiger partial charge on any atom is 0.122 e. The first-order valence-corrected chi connectivity index (χ1v) is 8.04. The topological polar surface area (TPSA) is 27.7 Å². The molecule has 0 spiro atoms. The monoisotopic (exact) mass is 314 g/mol. The van der Waals surface area contributed by atoms with Crippen molar-refractivity contribution in [3.05, 3.63) is 58.7 Å². The number of aryl methyl sites for hydroxylation is 4. The van der Waals surface area contributed by atoms with Crippen molar-refractivity contribution in [2.75, 3.05) is 26.4 Å². The minimum Gasteiger partial charge on any atom is -0.491 e. The Morgan fingerprint density at radius 1 is 0.609 bits per heavy atom. The van der Waals surface area contributed by atoms with E-state index < -0.39 is 0 Å². The van der Waals surface area contributed by atoms with Crippen LogP contribution in [0.5, 0.6) is 11.5 Å². The minimum atomic E-state index is 0.549. The van der Waals surface area contributed by atoms with Gasteiger partial charge in [0.05, 0.1) is 13.2 Å². The highest BCUT2D eigenvalue weighted by Gasteiger charge is 2.01. The first-order valence-electron chi connectivity index (χ1n) is 8.04. The summed E-state index contributed by atoms with van der Waals surface area (Å²) in [6.45, 7) is 10.4. The molecule has 0 aromatic heterocycles. The van der Waals surface area contributed by atoms with E-state index >= 15 is 0 Å². The van der Waals surface area contributed by atoms with Crippen molar-refractivity contribution in [1.29, 1.82) is 0 Å². The third-order valence-electron chi connectivity index (χ3n) is 3.66. The maximum atomic E-state index is 5.75. The van der Waals surface area contributed by atoms with Crippen molar-refractivity contribution in [1.82, 2.24) is 0 Å². The summed E-state index contributed by atoms with van der Waals surface area (Å²) >= 11 is 0. The third kappa shape index (κ3) is 5.61. The summed E-state index contributed by atoms with van der Waals surface area (Å²) in [7, 11) is 0. The molecule has 124 valence electrons. The molecule has 2 rings (SSSR count). The van der Waals surface area contributed by atoms with Crippen molar-refractivity contribution >= 4 is 0 Å². The van der Waals surface area contributed by atoms with Crippen LogP contribution in [0.1, 0.15) is 22.3 Å². The summed E-state index contributed by atoms with van der Waals surface area (Å²) in [6, 6.07) is 12.4. The van der Waals surface area contributed by atoms with Crippen LogP contribution in [0.3, 0.4) is 0 Å². The zero-order valence-electron chi connectivity index (χ0n) is 14.5. The first kappa shape index (κ1) is 17.4. The fourth-order valence-electron chi connectivity index (χ4n) is 2.25. The molecule has 0 saturated heterocycles. The molecule has 0 N–H and O–H groups in total. The van der Waals surface area contributed by atoms with E-state index in [9.17, 15) is 0 Å². The lowest BCUT2D eigenvalue weighted by Crippen LogP contribution is -2.12. The molecule has 3 heteroatoms. The van der Waals surface area contributed by atoms with Crippen molar-refractivity contribution < 1.29 is 14.2 Å². The normalized spacial score (nSPS) is 10.6. The minimum absolute atomic E-state index is 0.549. The number of rotatable bonds is 8. The van der Waals surface area contributed by atoms with Crippen LogP contribution in [0, 0.1) is 27.7 Å². The van der Waals surface area contributed by atoms with Crippen LogP contribution in [-0.4, -0.2) is 26.4 Å². The van der Waals surface area contributed by atoms with E-state index in [1.54, 1.807) is 0 Å². The van der Waals surface area contributed by atoms with Gasteiger partial charge in [0.2, 0.25) is 0 Å². The van der Waals surface area contributed by atoms with Gasteiger partial charge in [0.15, 0.2) is 0 Å². The van der Waals surface area contributed by atoms with Gasteiger partial charge in [-0.3, -0.25) is 0 Å². The molecule has 0 heterocycles. The van der Waals surface area contributed by atoms with Gasteiger partial charge in [-0.1, -0.05) is 24.3 Å². The van der Waals surface area contributed by atoms with Crippen LogP contribution in [0.25, 0.3) is 0 Å². The van der Waals surface area contributed by atoms with Gasteiger partial charge >= 0.3 is 0 Å². The quantitative estimate of drug-likeness (QED) is 0.676. The Kier molecular flexibility index (Phi) is 6.48. The van der Waals surface area contributed by atoms with Crippen molar-refractivity contribution in [2.24, 2.45) is 0 Å². The predicted molar refractivity (Wildman–Crippen MR) is 93.6 cm³/mol. The lowest BCUT2D eigenvalue weighted by molar-refractivity contribution is 0.0761. The summed E-state index contributed by atoms with van der Waals surface area (Å²) in [5, 5.41) is 0. The predicted octanol–water partition coefficient (Wildman–Crippen LogP) is 4.39. The zero-order chi connectivity index (χ0) is 16.7. The highest BCUT2D eigenvalue weighted by atomic mass is 16.5. The molecule has 0 fully saturated rings. The molecule has 0 radical (unpaired) electrons. The van der Waals surface area contributed by atoms with E-state index in [0.29, 0.717) is 26.4 Å². The molecule has 0 unspecified atom stereocenters. The van der Waals surface area contributed by atoms with Gasteiger partial charge in [-0.2, -0.15) is 0 Å². The Morgan fingerprint density at radius 2 is 1.04 bits per heavy atom. The number of hydrogen-bond acceptors (Lipinski definition) is 3. The summed E-state index contributed by atoms with van der Waals surface area (Å²) in [6.07, 6.45) is 0. The smallest absolute Gasteiger partial charge is 0.122 e. The molecule has 0 saturated carbocycles. The molecule has 0 atom stereocenters. The van der Waals surface area contributed by atoms with E-state index in [2.05, 4.69) is 50.2 Å². The fourth-order valence-corrected chi connectivity index (χ4v) is 2.25. The molecule has 0 aliphatic rings. The molecular formula is C20H26O3. The zero-order valence-corrected chi connectivity index (χ0v) is 14.5. The lowest BCUT2D eigenvalue weighted by Gasteiger charge is -2.12. The lowest BCUT2D eigenvalue weighted by atomic mass is 10.1. The van der Waals surface area contributed by atoms with Gasteiger partial charge in [-0.05, 0) is 62.1 Å². The van der Waals surface area contributed by atoms with Crippen LogP contribution < -0.4 is 9.47 Å². The van der Waals surface area contributed by atoms with Crippen molar-refractivity contribution in [3.8, 4) is 11.5 Å². The van der Waals surface area contributed by atoms with E-state index in [0.717, 1.165) is 22.6 Å². The van der Waals surface area contributed by atoms with E-state index in [-0.39, 0.29) is 0 Å². The fraction of sp³-hybridized carbons (Fsp3) is 0.400. The van der Waals surface area contributed by atoms with E-state index in [1.165, 1.54) is 11.1 Å². The summed E-state index contributed by atoms with van der Waals surface area (Å²) < 4.78 is 17.1. The summed E-state index contributed by atoms with van der Waals surface area (Å²) in [5.74, 6) is 1.86. The number of benzene rings is 2.